The van der Waals surface area contributed by atoms with Crippen molar-refractivity contribution in [3.8, 4) is 11.3 Å². The first-order valence-electron chi connectivity index (χ1n) is 6.08. The SMILES string of the molecule is CNCCc1cc(-c2ccc3[nH]c(=O)oc3c2)n[nH]1. The summed E-state index contributed by atoms with van der Waals surface area (Å²) in [5.41, 5.74) is 4.07. The fourth-order valence-corrected chi connectivity index (χ4v) is 2.00. The summed E-state index contributed by atoms with van der Waals surface area (Å²) in [5, 5.41) is 10.4. The molecule has 6 nitrogen and oxygen atoms in total. The lowest BCUT2D eigenvalue weighted by Gasteiger charge is -1.95. The molecular weight excluding hydrogens is 244 g/mol. The van der Waals surface area contributed by atoms with Crippen LogP contribution in [0.2, 0.25) is 0 Å². The Labute approximate surface area is 108 Å². The van der Waals surface area contributed by atoms with E-state index in [-0.39, 0.29) is 0 Å². The van der Waals surface area contributed by atoms with E-state index in [0.717, 1.165) is 29.9 Å². The molecule has 0 amide bonds. The first kappa shape index (κ1) is 11.7. The van der Waals surface area contributed by atoms with E-state index in [1.807, 2.05) is 31.3 Å². The van der Waals surface area contributed by atoms with Crippen molar-refractivity contribution >= 4 is 11.1 Å². The van der Waals surface area contributed by atoms with Crippen molar-refractivity contribution in [2.24, 2.45) is 0 Å². The third-order valence-electron chi connectivity index (χ3n) is 2.99. The summed E-state index contributed by atoms with van der Waals surface area (Å²) >= 11 is 0. The standard InChI is InChI=1S/C13H14N4O2/c1-14-5-4-9-7-11(17-16-9)8-2-3-10-12(6-8)19-13(18)15-10/h2-3,6-7,14H,4-5H2,1H3,(H,15,18)(H,16,17). The molecule has 0 radical (unpaired) electrons. The first-order valence-corrected chi connectivity index (χ1v) is 6.08. The number of oxazole rings is 1. The largest absolute Gasteiger partial charge is 0.417 e. The molecule has 0 aliphatic carbocycles. The van der Waals surface area contributed by atoms with Crippen molar-refractivity contribution in [1.82, 2.24) is 20.5 Å². The van der Waals surface area contributed by atoms with Crippen LogP contribution in [0, 0.1) is 0 Å². The number of rotatable bonds is 4. The number of hydrogen-bond acceptors (Lipinski definition) is 4. The number of aromatic nitrogens is 3. The van der Waals surface area contributed by atoms with Crippen LogP contribution in [0.1, 0.15) is 5.69 Å². The van der Waals surface area contributed by atoms with Gasteiger partial charge in [-0.1, -0.05) is 6.07 Å². The molecule has 2 heterocycles. The van der Waals surface area contributed by atoms with Crippen molar-refractivity contribution in [3.05, 3.63) is 40.5 Å². The number of benzene rings is 1. The van der Waals surface area contributed by atoms with Gasteiger partial charge in [0.2, 0.25) is 0 Å². The van der Waals surface area contributed by atoms with Crippen LogP contribution in [0.25, 0.3) is 22.4 Å². The fraction of sp³-hybridized carbons (Fsp3) is 0.231. The number of H-pyrrole nitrogens is 2. The minimum atomic E-state index is -0.441. The van der Waals surface area contributed by atoms with Crippen molar-refractivity contribution in [3.63, 3.8) is 0 Å². The van der Waals surface area contributed by atoms with Crippen LogP contribution < -0.4 is 11.1 Å². The van der Waals surface area contributed by atoms with Crippen LogP contribution in [0.15, 0.2) is 33.5 Å². The van der Waals surface area contributed by atoms with E-state index in [4.69, 9.17) is 4.42 Å². The zero-order valence-corrected chi connectivity index (χ0v) is 10.5. The maximum atomic E-state index is 11.1. The van der Waals surface area contributed by atoms with Crippen LogP contribution in [0.5, 0.6) is 0 Å². The summed E-state index contributed by atoms with van der Waals surface area (Å²) in [6.45, 7) is 0.896. The Kier molecular flexibility index (Phi) is 2.92. The summed E-state index contributed by atoms with van der Waals surface area (Å²) in [4.78, 5) is 13.7. The lowest BCUT2D eigenvalue weighted by Crippen LogP contribution is -2.10. The molecule has 6 heteroatoms. The van der Waals surface area contributed by atoms with E-state index in [2.05, 4.69) is 20.5 Å². The van der Waals surface area contributed by atoms with Gasteiger partial charge in [-0.15, -0.1) is 0 Å². The van der Waals surface area contributed by atoms with Gasteiger partial charge >= 0.3 is 5.76 Å². The summed E-state index contributed by atoms with van der Waals surface area (Å²) < 4.78 is 5.04. The van der Waals surface area contributed by atoms with E-state index in [9.17, 15) is 4.79 Å². The highest BCUT2D eigenvalue weighted by molar-refractivity contribution is 5.78. The van der Waals surface area contributed by atoms with Gasteiger partial charge in [0.15, 0.2) is 5.58 Å². The molecule has 0 aliphatic heterocycles. The minimum absolute atomic E-state index is 0.441. The molecule has 0 unspecified atom stereocenters. The zero-order valence-electron chi connectivity index (χ0n) is 10.5. The average molecular weight is 258 g/mol. The summed E-state index contributed by atoms with van der Waals surface area (Å²) in [7, 11) is 1.92. The smallest absolute Gasteiger partial charge is 0.408 e. The molecule has 1 aromatic carbocycles. The number of nitrogens with zero attached hydrogens (tertiary/aromatic N) is 1. The Bertz CT molecular complexity index is 753. The Hall–Kier alpha value is -2.34. The van der Waals surface area contributed by atoms with E-state index < -0.39 is 5.76 Å². The van der Waals surface area contributed by atoms with Gasteiger partial charge in [0.1, 0.15) is 0 Å². The Morgan fingerprint density at radius 1 is 1.37 bits per heavy atom. The third kappa shape index (κ3) is 2.30. The zero-order chi connectivity index (χ0) is 13.2. The molecule has 19 heavy (non-hydrogen) atoms. The highest BCUT2D eigenvalue weighted by Crippen LogP contribution is 2.22. The number of hydrogen-bond donors (Lipinski definition) is 3. The molecule has 3 N–H and O–H groups in total. The van der Waals surface area contributed by atoms with E-state index in [1.165, 1.54) is 0 Å². The molecule has 2 aromatic heterocycles. The average Bonchev–Trinajstić information content (AvgIpc) is 3.00. The molecule has 3 rings (SSSR count). The summed E-state index contributed by atoms with van der Waals surface area (Å²) in [6, 6.07) is 7.54. The number of aromatic amines is 2. The van der Waals surface area contributed by atoms with Gasteiger partial charge in [0.05, 0.1) is 11.2 Å². The summed E-state index contributed by atoms with van der Waals surface area (Å²) in [5.74, 6) is -0.441. The second-order valence-corrected chi connectivity index (χ2v) is 4.36. The fourth-order valence-electron chi connectivity index (χ4n) is 2.00. The van der Waals surface area contributed by atoms with Crippen LogP contribution in [-0.4, -0.2) is 28.8 Å². The monoisotopic (exact) mass is 258 g/mol. The van der Waals surface area contributed by atoms with Crippen molar-refractivity contribution < 1.29 is 4.42 Å². The van der Waals surface area contributed by atoms with Crippen molar-refractivity contribution in [2.45, 2.75) is 6.42 Å². The van der Waals surface area contributed by atoms with Gasteiger partial charge in [0.25, 0.3) is 0 Å². The number of likely N-dealkylation sites (N-methyl/N-ethyl adjacent to an activating group) is 1. The van der Waals surface area contributed by atoms with Crippen LogP contribution in [-0.2, 0) is 6.42 Å². The van der Waals surface area contributed by atoms with Gasteiger partial charge < -0.3 is 9.73 Å². The highest BCUT2D eigenvalue weighted by Gasteiger charge is 2.07. The Morgan fingerprint density at radius 3 is 3.11 bits per heavy atom. The van der Waals surface area contributed by atoms with E-state index in [0.29, 0.717) is 11.1 Å². The summed E-state index contributed by atoms with van der Waals surface area (Å²) in [6.07, 6.45) is 0.894. The lowest BCUT2D eigenvalue weighted by molar-refractivity contribution is 0.555. The molecule has 0 atom stereocenters. The molecule has 3 aromatic rings. The van der Waals surface area contributed by atoms with Gasteiger partial charge in [-0.25, -0.2) is 4.79 Å². The molecule has 0 aliphatic rings. The molecule has 0 fully saturated rings. The second kappa shape index (κ2) is 4.74. The predicted molar refractivity (Wildman–Crippen MR) is 72.0 cm³/mol. The van der Waals surface area contributed by atoms with Gasteiger partial charge in [-0.3, -0.25) is 10.1 Å². The van der Waals surface area contributed by atoms with E-state index >= 15 is 0 Å². The van der Waals surface area contributed by atoms with Gasteiger partial charge in [-0.05, 0) is 25.2 Å². The topological polar surface area (TPSA) is 86.7 Å². The highest BCUT2D eigenvalue weighted by atomic mass is 16.4. The van der Waals surface area contributed by atoms with Crippen LogP contribution in [0.3, 0.4) is 0 Å². The normalized spacial score (nSPS) is 11.2. The van der Waals surface area contributed by atoms with E-state index in [1.54, 1.807) is 0 Å². The van der Waals surface area contributed by atoms with Crippen molar-refractivity contribution in [1.29, 1.82) is 0 Å². The predicted octanol–water partition coefficient (Wildman–Crippen LogP) is 1.27. The molecule has 0 saturated carbocycles. The number of fused-ring (bicyclic) bond motifs is 1. The van der Waals surface area contributed by atoms with Gasteiger partial charge in [-0.2, -0.15) is 5.10 Å². The molecular formula is C13H14N4O2. The van der Waals surface area contributed by atoms with Crippen molar-refractivity contribution in [2.75, 3.05) is 13.6 Å². The minimum Gasteiger partial charge on any atom is -0.408 e. The number of nitrogens with one attached hydrogen (secondary N) is 3. The second-order valence-electron chi connectivity index (χ2n) is 4.36. The van der Waals surface area contributed by atoms with Crippen LogP contribution >= 0.6 is 0 Å². The first-order chi connectivity index (χ1) is 9.26. The Balaban J connectivity index is 1.94. The molecule has 98 valence electrons. The Morgan fingerprint density at radius 2 is 2.26 bits per heavy atom. The van der Waals surface area contributed by atoms with Crippen LogP contribution in [0.4, 0.5) is 0 Å². The lowest BCUT2D eigenvalue weighted by atomic mass is 10.1. The maximum absolute atomic E-state index is 11.1. The molecule has 0 saturated heterocycles. The third-order valence-corrected chi connectivity index (χ3v) is 2.99. The quantitative estimate of drug-likeness (QED) is 0.657. The molecule has 0 bridgehead atoms. The van der Waals surface area contributed by atoms with Gasteiger partial charge in [0, 0.05) is 24.2 Å². The maximum Gasteiger partial charge on any atom is 0.417 e. The molecule has 0 spiro atoms.